The summed E-state index contributed by atoms with van der Waals surface area (Å²) in [6.45, 7) is 0.855. The molecule has 1 N–H and O–H groups in total. The first-order valence-corrected chi connectivity index (χ1v) is 9.00. The highest BCUT2D eigenvalue weighted by atomic mass is 19.3. The highest BCUT2D eigenvalue weighted by Crippen LogP contribution is 2.27. The van der Waals surface area contributed by atoms with Crippen LogP contribution in [0.15, 0.2) is 65.8 Å². The van der Waals surface area contributed by atoms with E-state index in [1.54, 1.807) is 42.5 Å². The number of carbonyl (C=O) groups is 1. The molecular weight excluding hydrogens is 378 g/mol. The number of nitrogens with one attached hydrogen (secondary N) is 1. The van der Waals surface area contributed by atoms with Crippen molar-refractivity contribution in [1.82, 2.24) is 5.43 Å². The number of carbonyl (C=O) groups excluding carboxylic acids is 1. The molecule has 0 aromatic heterocycles. The molecule has 3 rings (SSSR count). The van der Waals surface area contributed by atoms with Crippen LogP contribution in [-0.4, -0.2) is 24.8 Å². The van der Waals surface area contributed by atoms with Gasteiger partial charge in [-0.05, 0) is 55.0 Å². The lowest BCUT2D eigenvalue weighted by Gasteiger charge is -2.11. The second-order valence-corrected chi connectivity index (χ2v) is 6.47. The SMILES string of the molecule is CC(C)Oc1ccc(C(=O)N/N=C\c2c(OC(F)F)ccc3ccccc23)cc1. The van der Waals surface area contributed by atoms with Gasteiger partial charge >= 0.3 is 6.61 Å². The normalized spacial score (nSPS) is 11.4. The first-order chi connectivity index (χ1) is 13.9. The van der Waals surface area contributed by atoms with Crippen LogP contribution in [-0.2, 0) is 0 Å². The number of nitrogens with zero attached hydrogens (tertiary/aromatic N) is 1. The molecule has 0 aliphatic heterocycles. The third-order valence-electron chi connectivity index (χ3n) is 3.99. The van der Waals surface area contributed by atoms with Crippen LogP contribution >= 0.6 is 0 Å². The minimum atomic E-state index is -2.97. The van der Waals surface area contributed by atoms with Gasteiger partial charge in [0.25, 0.3) is 5.91 Å². The lowest BCUT2D eigenvalue weighted by atomic mass is 10.0. The van der Waals surface area contributed by atoms with E-state index in [9.17, 15) is 13.6 Å². The van der Waals surface area contributed by atoms with Crippen molar-refractivity contribution in [2.45, 2.75) is 26.6 Å². The maximum absolute atomic E-state index is 12.7. The van der Waals surface area contributed by atoms with Crippen molar-refractivity contribution < 1.29 is 23.0 Å². The average molecular weight is 398 g/mol. The molecule has 5 nitrogen and oxygen atoms in total. The Morgan fingerprint density at radius 1 is 1.00 bits per heavy atom. The summed E-state index contributed by atoms with van der Waals surface area (Å²) in [5.41, 5.74) is 3.14. The molecule has 0 aliphatic rings. The summed E-state index contributed by atoms with van der Waals surface area (Å²) in [6, 6.07) is 17.0. The molecule has 3 aromatic rings. The zero-order valence-corrected chi connectivity index (χ0v) is 15.9. The quantitative estimate of drug-likeness (QED) is 0.450. The second-order valence-electron chi connectivity index (χ2n) is 6.47. The fraction of sp³-hybridized carbons (Fsp3) is 0.182. The first kappa shape index (κ1) is 20.3. The van der Waals surface area contributed by atoms with Crippen LogP contribution in [0.2, 0.25) is 0 Å². The summed E-state index contributed by atoms with van der Waals surface area (Å²) in [5.74, 6) is 0.199. The largest absolute Gasteiger partial charge is 0.491 e. The molecule has 0 bridgehead atoms. The van der Waals surface area contributed by atoms with Gasteiger partial charge in [0.15, 0.2) is 0 Å². The van der Waals surface area contributed by atoms with E-state index in [4.69, 9.17) is 4.74 Å². The summed E-state index contributed by atoms with van der Waals surface area (Å²) in [4.78, 5) is 12.3. The highest BCUT2D eigenvalue weighted by molar-refractivity contribution is 6.03. The second kappa shape index (κ2) is 9.14. The average Bonchev–Trinajstić information content (AvgIpc) is 2.69. The Bertz CT molecular complexity index is 1020. The zero-order chi connectivity index (χ0) is 20.8. The van der Waals surface area contributed by atoms with Crippen molar-refractivity contribution in [3.63, 3.8) is 0 Å². The van der Waals surface area contributed by atoms with E-state index in [2.05, 4.69) is 15.3 Å². The number of hydrogen-bond donors (Lipinski definition) is 1. The number of fused-ring (bicyclic) bond motifs is 1. The Kier molecular flexibility index (Phi) is 6.39. The van der Waals surface area contributed by atoms with Gasteiger partial charge in [-0.2, -0.15) is 13.9 Å². The molecule has 7 heteroatoms. The number of ether oxygens (including phenoxy) is 2. The van der Waals surface area contributed by atoms with Gasteiger partial charge in [0.1, 0.15) is 11.5 Å². The van der Waals surface area contributed by atoms with E-state index in [1.807, 2.05) is 26.0 Å². The number of amides is 1. The van der Waals surface area contributed by atoms with Gasteiger partial charge in [-0.3, -0.25) is 4.79 Å². The van der Waals surface area contributed by atoms with Gasteiger partial charge in [0.05, 0.1) is 12.3 Å². The van der Waals surface area contributed by atoms with Crippen molar-refractivity contribution in [2.24, 2.45) is 5.10 Å². The molecule has 0 heterocycles. The van der Waals surface area contributed by atoms with Crippen molar-refractivity contribution in [2.75, 3.05) is 0 Å². The molecule has 0 saturated carbocycles. The van der Waals surface area contributed by atoms with Crippen molar-refractivity contribution in [3.8, 4) is 11.5 Å². The van der Waals surface area contributed by atoms with Gasteiger partial charge in [-0.25, -0.2) is 5.43 Å². The Hall–Kier alpha value is -3.48. The van der Waals surface area contributed by atoms with Gasteiger partial charge in [-0.1, -0.05) is 30.3 Å². The van der Waals surface area contributed by atoms with Crippen LogP contribution in [0, 0.1) is 0 Å². The molecule has 1 amide bonds. The lowest BCUT2D eigenvalue weighted by Crippen LogP contribution is -2.17. The smallest absolute Gasteiger partial charge is 0.387 e. The van der Waals surface area contributed by atoms with E-state index >= 15 is 0 Å². The number of alkyl halides is 2. The summed E-state index contributed by atoms with van der Waals surface area (Å²) < 4.78 is 35.6. The fourth-order valence-corrected chi connectivity index (χ4v) is 2.78. The zero-order valence-electron chi connectivity index (χ0n) is 15.9. The van der Waals surface area contributed by atoms with E-state index < -0.39 is 12.5 Å². The molecule has 3 aromatic carbocycles. The molecule has 0 saturated heterocycles. The Balaban J connectivity index is 1.78. The summed E-state index contributed by atoms with van der Waals surface area (Å²) in [5, 5.41) is 5.44. The highest BCUT2D eigenvalue weighted by Gasteiger charge is 2.12. The van der Waals surface area contributed by atoms with E-state index in [1.165, 1.54) is 12.3 Å². The minimum absolute atomic E-state index is 0.0214. The Morgan fingerprint density at radius 3 is 2.41 bits per heavy atom. The first-order valence-electron chi connectivity index (χ1n) is 9.00. The third kappa shape index (κ3) is 5.28. The molecule has 0 aliphatic carbocycles. The number of halogens is 2. The number of rotatable bonds is 7. The third-order valence-corrected chi connectivity index (χ3v) is 3.99. The summed E-state index contributed by atoms with van der Waals surface area (Å²) in [6.07, 6.45) is 1.33. The molecular formula is C22H20F2N2O3. The van der Waals surface area contributed by atoms with E-state index in [0.29, 0.717) is 22.3 Å². The van der Waals surface area contributed by atoms with Crippen LogP contribution in [0.5, 0.6) is 11.5 Å². The van der Waals surface area contributed by atoms with Crippen LogP contribution in [0.1, 0.15) is 29.8 Å². The van der Waals surface area contributed by atoms with Gasteiger partial charge in [0, 0.05) is 11.1 Å². The summed E-state index contributed by atoms with van der Waals surface area (Å²) >= 11 is 0. The lowest BCUT2D eigenvalue weighted by molar-refractivity contribution is -0.0498. The number of hydrogen-bond acceptors (Lipinski definition) is 4. The molecule has 0 fully saturated rings. The van der Waals surface area contributed by atoms with Crippen LogP contribution < -0.4 is 14.9 Å². The maximum Gasteiger partial charge on any atom is 0.387 e. The predicted octanol–water partition coefficient (Wildman–Crippen LogP) is 4.99. The Labute approximate surface area is 166 Å². The maximum atomic E-state index is 12.7. The van der Waals surface area contributed by atoms with Crippen LogP contribution in [0.3, 0.4) is 0 Å². The molecule has 150 valence electrons. The van der Waals surface area contributed by atoms with E-state index in [0.717, 1.165) is 5.39 Å². The van der Waals surface area contributed by atoms with Gasteiger partial charge in [-0.15, -0.1) is 0 Å². The molecule has 0 unspecified atom stereocenters. The number of benzene rings is 3. The predicted molar refractivity (Wildman–Crippen MR) is 108 cm³/mol. The van der Waals surface area contributed by atoms with Gasteiger partial charge < -0.3 is 9.47 Å². The molecule has 29 heavy (non-hydrogen) atoms. The monoisotopic (exact) mass is 398 g/mol. The minimum Gasteiger partial charge on any atom is -0.491 e. The standard InChI is InChI=1S/C22H20F2N2O3/c1-14(2)28-17-10-7-16(8-11-17)21(27)26-25-13-19-18-6-4-3-5-15(18)9-12-20(19)29-22(23)24/h3-14,22H,1-2H3,(H,26,27)/b25-13-. The Morgan fingerprint density at radius 2 is 1.72 bits per heavy atom. The van der Waals surface area contributed by atoms with Crippen molar-refractivity contribution in [3.05, 3.63) is 71.8 Å². The molecule has 0 spiro atoms. The fourth-order valence-electron chi connectivity index (χ4n) is 2.78. The van der Waals surface area contributed by atoms with Crippen molar-refractivity contribution in [1.29, 1.82) is 0 Å². The summed E-state index contributed by atoms with van der Waals surface area (Å²) in [7, 11) is 0. The molecule has 0 radical (unpaired) electrons. The number of hydrazone groups is 1. The van der Waals surface area contributed by atoms with Crippen LogP contribution in [0.4, 0.5) is 8.78 Å². The van der Waals surface area contributed by atoms with Crippen molar-refractivity contribution >= 4 is 22.9 Å². The molecule has 0 atom stereocenters. The van der Waals surface area contributed by atoms with E-state index in [-0.39, 0.29) is 11.9 Å². The van der Waals surface area contributed by atoms with Crippen LogP contribution in [0.25, 0.3) is 10.8 Å². The topological polar surface area (TPSA) is 59.9 Å². The van der Waals surface area contributed by atoms with Gasteiger partial charge in [0.2, 0.25) is 0 Å².